The maximum Gasteiger partial charge on any atom is 0.335 e. The molecule has 1 N–H and O–H groups in total. The van der Waals surface area contributed by atoms with Crippen LogP contribution in [0.2, 0.25) is 5.02 Å². The number of carboxylic acids is 1. The van der Waals surface area contributed by atoms with E-state index < -0.39 is 23.4 Å². The molecule has 12 heteroatoms. The van der Waals surface area contributed by atoms with E-state index in [1.807, 2.05) is 28.2 Å². The van der Waals surface area contributed by atoms with Crippen molar-refractivity contribution in [3.8, 4) is 11.5 Å². The summed E-state index contributed by atoms with van der Waals surface area (Å²) in [7, 11) is 0. The van der Waals surface area contributed by atoms with E-state index in [2.05, 4.69) is 20.9 Å². The van der Waals surface area contributed by atoms with Crippen molar-refractivity contribution in [3.63, 3.8) is 0 Å². The lowest BCUT2D eigenvalue weighted by molar-refractivity contribution is -0.0710. The summed E-state index contributed by atoms with van der Waals surface area (Å²) in [6.07, 6.45) is 3.51. The molecule has 236 valence electrons. The first-order valence-electron chi connectivity index (χ1n) is 15.2. The van der Waals surface area contributed by atoms with Crippen LogP contribution in [-0.4, -0.2) is 48.2 Å². The Hall–Kier alpha value is -4.48. The van der Waals surface area contributed by atoms with Crippen LogP contribution in [0.25, 0.3) is 11.0 Å². The molecule has 3 aromatic carbocycles. The molecule has 4 heterocycles. The van der Waals surface area contributed by atoms with E-state index >= 15 is 4.39 Å². The van der Waals surface area contributed by atoms with E-state index in [9.17, 15) is 14.3 Å². The standard InChI is InChI=1S/C34H30ClF2N5O4/c1-3-41-17-38-12-20(41)13-42-27-10-18(33(43)44)9-26(37)31(27)39-29(42)16-40-14-22-23(15-40)30(22)21-5-4-6-28-32(21)46-34(2,45-28)24-8-7-19(35)11-25(24)36/h4-12,17,22-23,30H,3,13-16H2,1-2H3,(H,43,44)/t22-,23+,30-,34-/m1/s1. The van der Waals surface area contributed by atoms with Gasteiger partial charge in [0.1, 0.15) is 17.2 Å². The molecule has 1 saturated heterocycles. The fraction of sp³-hybridized carbons (Fsp3) is 0.324. The van der Waals surface area contributed by atoms with Gasteiger partial charge in [-0.1, -0.05) is 23.7 Å². The van der Waals surface area contributed by atoms with Crippen LogP contribution in [0.3, 0.4) is 0 Å². The number of likely N-dealkylation sites (tertiary alicyclic amines) is 1. The maximum atomic E-state index is 15.1. The molecule has 2 aromatic heterocycles. The number of nitrogens with zero attached hydrogens (tertiary/aromatic N) is 5. The van der Waals surface area contributed by atoms with Crippen molar-refractivity contribution in [2.75, 3.05) is 13.1 Å². The highest BCUT2D eigenvalue weighted by Crippen LogP contribution is 2.62. The van der Waals surface area contributed by atoms with E-state index in [0.29, 0.717) is 59.3 Å². The maximum absolute atomic E-state index is 15.1. The molecule has 0 unspecified atom stereocenters. The predicted octanol–water partition coefficient (Wildman–Crippen LogP) is 6.42. The van der Waals surface area contributed by atoms with Gasteiger partial charge in [-0.2, -0.15) is 0 Å². The van der Waals surface area contributed by atoms with Crippen molar-refractivity contribution in [2.24, 2.45) is 11.8 Å². The van der Waals surface area contributed by atoms with Gasteiger partial charge in [0.2, 0.25) is 0 Å². The number of aromatic carboxylic acids is 1. The summed E-state index contributed by atoms with van der Waals surface area (Å²) >= 11 is 5.98. The van der Waals surface area contributed by atoms with Gasteiger partial charge >= 0.3 is 5.97 Å². The highest BCUT2D eigenvalue weighted by molar-refractivity contribution is 6.30. The van der Waals surface area contributed by atoms with E-state index in [0.717, 1.165) is 30.4 Å². The number of carbonyl (C=O) groups is 1. The second-order valence-electron chi connectivity index (χ2n) is 12.4. The molecule has 0 radical (unpaired) electrons. The van der Waals surface area contributed by atoms with Crippen LogP contribution in [0, 0.1) is 23.5 Å². The van der Waals surface area contributed by atoms with Crippen LogP contribution in [0.15, 0.2) is 61.1 Å². The van der Waals surface area contributed by atoms with Crippen molar-refractivity contribution in [1.29, 1.82) is 0 Å². The summed E-state index contributed by atoms with van der Waals surface area (Å²) in [5.41, 5.74) is 2.71. The van der Waals surface area contributed by atoms with Crippen molar-refractivity contribution in [2.45, 2.75) is 45.2 Å². The summed E-state index contributed by atoms with van der Waals surface area (Å²) in [4.78, 5) is 23.0. The molecule has 46 heavy (non-hydrogen) atoms. The molecule has 0 amide bonds. The van der Waals surface area contributed by atoms with Gasteiger partial charge in [-0.05, 0) is 61.1 Å². The number of rotatable bonds is 8. The first kappa shape index (κ1) is 29.0. The Morgan fingerprint density at radius 2 is 1.89 bits per heavy atom. The molecule has 5 aromatic rings. The average Bonchev–Trinajstić information content (AvgIpc) is 3.50. The van der Waals surface area contributed by atoms with Gasteiger partial charge in [-0.25, -0.2) is 23.5 Å². The number of aryl methyl sites for hydroxylation is 1. The number of carboxylic acid groups (broad SMARTS) is 1. The van der Waals surface area contributed by atoms with Crippen LogP contribution < -0.4 is 9.47 Å². The molecular formula is C34H30ClF2N5O4. The Kier molecular flexibility index (Phi) is 6.63. The van der Waals surface area contributed by atoms with E-state index in [-0.39, 0.29) is 22.6 Å². The number of hydrogen-bond donors (Lipinski definition) is 1. The first-order chi connectivity index (χ1) is 22.1. The molecule has 0 bridgehead atoms. The molecule has 2 fully saturated rings. The first-order valence-corrected chi connectivity index (χ1v) is 15.6. The number of benzene rings is 3. The molecule has 1 aliphatic carbocycles. The third-order valence-corrected chi connectivity index (χ3v) is 9.85. The summed E-state index contributed by atoms with van der Waals surface area (Å²) in [6, 6.07) is 12.8. The molecule has 9 nitrogen and oxygen atoms in total. The predicted molar refractivity (Wildman–Crippen MR) is 165 cm³/mol. The van der Waals surface area contributed by atoms with Crippen LogP contribution >= 0.6 is 11.6 Å². The largest absolute Gasteiger partial charge is 0.478 e. The van der Waals surface area contributed by atoms with E-state index in [4.69, 9.17) is 21.1 Å². The Morgan fingerprint density at radius 3 is 2.63 bits per heavy atom. The average molecular weight is 646 g/mol. The Morgan fingerprint density at radius 1 is 1.09 bits per heavy atom. The molecule has 3 aliphatic rings. The van der Waals surface area contributed by atoms with Gasteiger partial charge in [-0.15, -0.1) is 0 Å². The number of para-hydroxylation sites is 1. The molecule has 1 saturated carbocycles. The van der Waals surface area contributed by atoms with Crippen LogP contribution in [0.1, 0.15) is 52.8 Å². The minimum atomic E-state index is -1.31. The Balaban J connectivity index is 1.04. The summed E-state index contributed by atoms with van der Waals surface area (Å²) in [6.45, 7) is 6.92. The highest BCUT2D eigenvalue weighted by Gasteiger charge is 2.58. The second kappa shape index (κ2) is 10.5. The third kappa shape index (κ3) is 4.63. The lowest BCUT2D eigenvalue weighted by atomic mass is 10.0. The minimum absolute atomic E-state index is 0.122. The number of aromatic nitrogens is 4. The number of fused-ring (bicyclic) bond motifs is 3. The van der Waals surface area contributed by atoms with Crippen molar-refractivity contribution >= 4 is 28.6 Å². The Labute approximate surface area is 268 Å². The SMILES string of the molecule is CCn1cncc1Cn1c(CN2C[C@@H]3[C@H](C2)[C@@H]3c2cccc3c2O[C@](C)(c2ccc(Cl)cc2F)O3)nc2c(F)cc(C(=O)O)cc21. The number of imidazole rings is 2. The number of halogens is 3. The number of hydrogen-bond acceptors (Lipinski definition) is 6. The normalized spacial score (nSPS) is 23.3. The van der Waals surface area contributed by atoms with Crippen LogP contribution in [-0.2, 0) is 25.4 Å². The lowest BCUT2D eigenvalue weighted by Gasteiger charge is -2.24. The van der Waals surface area contributed by atoms with Gasteiger partial charge in [0.05, 0.1) is 41.8 Å². The van der Waals surface area contributed by atoms with Gasteiger partial charge in [0, 0.05) is 43.3 Å². The zero-order valence-corrected chi connectivity index (χ0v) is 25.8. The molecule has 0 spiro atoms. The second-order valence-corrected chi connectivity index (χ2v) is 12.8. The van der Waals surface area contributed by atoms with E-state index in [1.165, 1.54) is 12.1 Å². The number of ether oxygens (including phenoxy) is 2. The van der Waals surface area contributed by atoms with Gasteiger partial charge < -0.3 is 23.7 Å². The van der Waals surface area contributed by atoms with Gasteiger partial charge in [-0.3, -0.25) is 4.90 Å². The molecule has 4 atom stereocenters. The molecule has 8 rings (SSSR count). The smallest absolute Gasteiger partial charge is 0.335 e. The topological polar surface area (TPSA) is 94.6 Å². The fourth-order valence-electron chi connectivity index (χ4n) is 7.36. The summed E-state index contributed by atoms with van der Waals surface area (Å²) in [5.74, 6) is -0.750. The quantitative estimate of drug-likeness (QED) is 0.208. The van der Waals surface area contributed by atoms with Crippen molar-refractivity contribution in [3.05, 3.63) is 106 Å². The molecule has 2 aliphatic heterocycles. The fourth-order valence-corrected chi connectivity index (χ4v) is 7.52. The summed E-state index contributed by atoms with van der Waals surface area (Å²) in [5, 5.41) is 9.90. The zero-order chi connectivity index (χ0) is 31.9. The lowest BCUT2D eigenvalue weighted by Crippen LogP contribution is -2.32. The monoisotopic (exact) mass is 645 g/mol. The third-order valence-electron chi connectivity index (χ3n) is 9.62. The number of piperidine rings is 1. The van der Waals surface area contributed by atoms with Gasteiger partial charge in [0.25, 0.3) is 5.79 Å². The van der Waals surface area contributed by atoms with Gasteiger partial charge in [0.15, 0.2) is 17.3 Å². The van der Waals surface area contributed by atoms with Crippen molar-refractivity contribution < 1.29 is 28.2 Å². The summed E-state index contributed by atoms with van der Waals surface area (Å²) < 4.78 is 46.4. The van der Waals surface area contributed by atoms with Crippen molar-refractivity contribution in [1.82, 2.24) is 24.0 Å². The zero-order valence-electron chi connectivity index (χ0n) is 25.1. The molecular weight excluding hydrogens is 616 g/mol. The van der Waals surface area contributed by atoms with E-state index in [1.54, 1.807) is 31.6 Å². The van der Waals surface area contributed by atoms with Crippen LogP contribution in [0.5, 0.6) is 11.5 Å². The Bertz CT molecular complexity index is 2030. The highest BCUT2D eigenvalue weighted by atomic mass is 35.5. The van der Waals surface area contributed by atoms with Crippen LogP contribution in [0.4, 0.5) is 8.78 Å². The minimum Gasteiger partial charge on any atom is -0.478 e.